The van der Waals surface area contributed by atoms with Crippen LogP contribution >= 0.6 is 0 Å². The second kappa shape index (κ2) is 4.49. The van der Waals surface area contributed by atoms with Crippen molar-refractivity contribution >= 4 is 10.0 Å². The Hall–Kier alpha value is -1.62. The van der Waals surface area contributed by atoms with E-state index in [9.17, 15) is 8.42 Å². The summed E-state index contributed by atoms with van der Waals surface area (Å²) < 4.78 is 23.7. The van der Waals surface area contributed by atoms with Crippen molar-refractivity contribution in [3.8, 4) is 11.1 Å². The minimum absolute atomic E-state index is 0.107. The first-order valence-corrected chi connectivity index (χ1v) is 7.89. The summed E-state index contributed by atoms with van der Waals surface area (Å²) in [5, 5.41) is 3.86. The van der Waals surface area contributed by atoms with Gasteiger partial charge >= 0.3 is 0 Å². The zero-order valence-corrected chi connectivity index (χ0v) is 12.4. The molecule has 0 aliphatic heterocycles. The number of rotatable bonds is 2. The van der Waals surface area contributed by atoms with E-state index in [1.54, 1.807) is 6.20 Å². The van der Waals surface area contributed by atoms with Gasteiger partial charge in [0.15, 0.2) is 0 Å². The number of hydrogen-bond donors (Lipinski definition) is 0. The third-order valence-electron chi connectivity index (χ3n) is 2.98. The summed E-state index contributed by atoms with van der Waals surface area (Å²) in [5.41, 5.74) is 3.11. The lowest BCUT2D eigenvalue weighted by molar-refractivity contribution is 0.586. The average Bonchev–Trinajstić information content (AvgIpc) is 2.77. The highest BCUT2D eigenvalue weighted by Gasteiger charge is 2.14. The van der Waals surface area contributed by atoms with Crippen molar-refractivity contribution in [2.24, 2.45) is 0 Å². The van der Waals surface area contributed by atoms with E-state index in [0.717, 1.165) is 21.5 Å². The summed E-state index contributed by atoms with van der Waals surface area (Å²) in [4.78, 5) is 0. The van der Waals surface area contributed by atoms with Crippen LogP contribution in [0.25, 0.3) is 11.1 Å². The fourth-order valence-corrected chi connectivity index (χ4v) is 2.32. The molecule has 102 valence electrons. The largest absolute Gasteiger partial charge is 0.250 e. The van der Waals surface area contributed by atoms with Crippen LogP contribution in [0.1, 0.15) is 26.3 Å². The quantitative estimate of drug-likeness (QED) is 0.848. The van der Waals surface area contributed by atoms with E-state index in [2.05, 4.69) is 38.0 Å². The van der Waals surface area contributed by atoms with Crippen LogP contribution in [-0.2, 0) is 15.4 Å². The molecule has 0 spiro atoms. The molecule has 0 bridgehead atoms. The topological polar surface area (TPSA) is 52.0 Å². The summed E-state index contributed by atoms with van der Waals surface area (Å²) in [6.45, 7) is 6.47. The maximum absolute atomic E-state index is 11.4. The average molecular weight is 278 g/mol. The Morgan fingerprint density at radius 3 is 2.05 bits per heavy atom. The molecule has 0 saturated carbocycles. The van der Waals surface area contributed by atoms with Crippen LogP contribution in [0.4, 0.5) is 0 Å². The lowest BCUT2D eigenvalue weighted by Crippen LogP contribution is -2.10. The molecule has 19 heavy (non-hydrogen) atoms. The maximum Gasteiger partial charge on any atom is 0.250 e. The summed E-state index contributed by atoms with van der Waals surface area (Å²) in [6, 6.07) is 8.11. The van der Waals surface area contributed by atoms with Gasteiger partial charge in [-0.2, -0.15) is 9.19 Å². The standard InChI is InChI=1S/C14H18N2O2S/c1-14(2,3)13-7-5-11(6-8-13)12-9-15-16(10-12)19(4,17)18/h5-10H,1-4H3. The predicted molar refractivity (Wildman–Crippen MR) is 76.6 cm³/mol. The van der Waals surface area contributed by atoms with Gasteiger partial charge in [0.2, 0.25) is 0 Å². The van der Waals surface area contributed by atoms with Crippen molar-refractivity contribution in [1.29, 1.82) is 0 Å². The summed E-state index contributed by atoms with van der Waals surface area (Å²) in [6.07, 6.45) is 4.22. The van der Waals surface area contributed by atoms with Gasteiger partial charge in [0.05, 0.1) is 18.6 Å². The smallest absolute Gasteiger partial charge is 0.205 e. The highest BCUT2D eigenvalue weighted by atomic mass is 32.2. The molecule has 0 aliphatic carbocycles. The third kappa shape index (κ3) is 3.04. The van der Waals surface area contributed by atoms with Gasteiger partial charge in [-0.15, -0.1) is 0 Å². The molecule has 2 rings (SSSR count). The van der Waals surface area contributed by atoms with E-state index in [1.807, 2.05) is 12.1 Å². The Kier molecular flexibility index (Phi) is 3.26. The van der Waals surface area contributed by atoms with Crippen LogP contribution in [0, 0.1) is 0 Å². The molecule has 0 unspecified atom stereocenters. The van der Waals surface area contributed by atoms with E-state index in [1.165, 1.54) is 11.8 Å². The molecule has 5 heteroatoms. The molecule has 2 aromatic rings. The van der Waals surface area contributed by atoms with Gasteiger partial charge < -0.3 is 0 Å². The monoisotopic (exact) mass is 278 g/mol. The molecule has 1 heterocycles. The molecule has 0 radical (unpaired) electrons. The summed E-state index contributed by atoms with van der Waals surface area (Å²) >= 11 is 0. The SMILES string of the molecule is CC(C)(C)c1ccc(-c2cnn(S(C)(=O)=O)c2)cc1. The lowest BCUT2D eigenvalue weighted by Gasteiger charge is -2.18. The van der Waals surface area contributed by atoms with Crippen molar-refractivity contribution < 1.29 is 8.42 Å². The molecule has 0 amide bonds. The summed E-state index contributed by atoms with van der Waals surface area (Å²) in [5.74, 6) is 0. The first-order valence-electron chi connectivity index (χ1n) is 6.04. The highest BCUT2D eigenvalue weighted by Crippen LogP contribution is 2.25. The molecule has 0 fully saturated rings. The number of aromatic nitrogens is 2. The van der Waals surface area contributed by atoms with Crippen LogP contribution in [0.5, 0.6) is 0 Å². The Balaban J connectivity index is 2.36. The van der Waals surface area contributed by atoms with Crippen LogP contribution < -0.4 is 0 Å². The van der Waals surface area contributed by atoms with Crippen molar-refractivity contribution in [2.75, 3.05) is 6.26 Å². The molecule has 0 N–H and O–H groups in total. The molecule has 1 aromatic heterocycles. The number of benzene rings is 1. The first kappa shape index (κ1) is 13.8. The van der Waals surface area contributed by atoms with Gasteiger partial charge in [-0.25, -0.2) is 8.42 Å². The lowest BCUT2D eigenvalue weighted by atomic mass is 9.86. The van der Waals surface area contributed by atoms with Crippen LogP contribution in [0.3, 0.4) is 0 Å². The van der Waals surface area contributed by atoms with Crippen molar-refractivity contribution in [2.45, 2.75) is 26.2 Å². The Bertz CT molecular complexity index is 677. The minimum atomic E-state index is -3.32. The fourth-order valence-electron chi connectivity index (χ4n) is 1.80. The molecule has 0 saturated heterocycles. The van der Waals surface area contributed by atoms with Crippen LogP contribution in [0.2, 0.25) is 0 Å². The Morgan fingerprint density at radius 1 is 1.05 bits per heavy atom. The zero-order chi connectivity index (χ0) is 14.3. The van der Waals surface area contributed by atoms with E-state index < -0.39 is 10.0 Å². The van der Waals surface area contributed by atoms with E-state index in [-0.39, 0.29) is 5.41 Å². The van der Waals surface area contributed by atoms with Crippen LogP contribution in [-0.4, -0.2) is 23.9 Å². The van der Waals surface area contributed by atoms with Gasteiger partial charge in [0, 0.05) is 5.56 Å². The van der Waals surface area contributed by atoms with Gasteiger partial charge in [-0.05, 0) is 16.5 Å². The molecule has 1 aromatic carbocycles. The van der Waals surface area contributed by atoms with Crippen molar-refractivity contribution in [3.05, 3.63) is 42.2 Å². The molecule has 4 nitrogen and oxygen atoms in total. The second-order valence-corrected chi connectivity index (χ2v) is 7.53. The molecule has 0 aliphatic rings. The molecular formula is C14H18N2O2S. The Morgan fingerprint density at radius 2 is 1.63 bits per heavy atom. The molecular weight excluding hydrogens is 260 g/mol. The van der Waals surface area contributed by atoms with Gasteiger partial charge in [-0.3, -0.25) is 0 Å². The minimum Gasteiger partial charge on any atom is -0.205 e. The highest BCUT2D eigenvalue weighted by molar-refractivity contribution is 7.89. The Labute approximate surface area is 114 Å². The van der Waals surface area contributed by atoms with Gasteiger partial charge in [-0.1, -0.05) is 45.0 Å². The van der Waals surface area contributed by atoms with Gasteiger partial charge in [0.1, 0.15) is 0 Å². The predicted octanol–water partition coefficient (Wildman–Crippen LogP) is 2.66. The normalized spacial score (nSPS) is 12.6. The van der Waals surface area contributed by atoms with E-state index in [4.69, 9.17) is 0 Å². The van der Waals surface area contributed by atoms with E-state index >= 15 is 0 Å². The van der Waals surface area contributed by atoms with E-state index in [0.29, 0.717) is 0 Å². The molecule has 0 atom stereocenters. The number of nitrogens with zero attached hydrogens (tertiary/aromatic N) is 2. The van der Waals surface area contributed by atoms with Crippen LogP contribution in [0.15, 0.2) is 36.7 Å². The maximum atomic E-state index is 11.4. The second-order valence-electron chi connectivity index (χ2n) is 5.69. The van der Waals surface area contributed by atoms with Crippen molar-refractivity contribution in [3.63, 3.8) is 0 Å². The fraction of sp³-hybridized carbons (Fsp3) is 0.357. The van der Waals surface area contributed by atoms with Crippen molar-refractivity contribution in [1.82, 2.24) is 9.19 Å². The number of hydrogen-bond acceptors (Lipinski definition) is 3. The first-order chi connectivity index (χ1) is 8.68. The zero-order valence-electron chi connectivity index (χ0n) is 11.6. The summed E-state index contributed by atoms with van der Waals surface area (Å²) in [7, 11) is -3.32. The third-order valence-corrected chi connectivity index (χ3v) is 3.86. The van der Waals surface area contributed by atoms with Gasteiger partial charge in [0.25, 0.3) is 10.0 Å².